The number of aromatic nitrogens is 2. The van der Waals surface area contributed by atoms with Crippen LogP contribution in [0.4, 0.5) is 0 Å². The summed E-state index contributed by atoms with van der Waals surface area (Å²) in [5, 5.41) is 0.448. The maximum absolute atomic E-state index is 13.2. The van der Waals surface area contributed by atoms with Crippen LogP contribution in [-0.4, -0.2) is 15.6 Å². The van der Waals surface area contributed by atoms with Gasteiger partial charge in [0.1, 0.15) is 0 Å². The summed E-state index contributed by atoms with van der Waals surface area (Å²) in [6.45, 7) is 5.93. The van der Waals surface area contributed by atoms with Crippen LogP contribution < -0.4 is 11.0 Å². The lowest BCUT2D eigenvalue weighted by Gasteiger charge is -2.15. The Balaban J connectivity index is 1.87. The lowest BCUT2D eigenvalue weighted by Crippen LogP contribution is -2.35. The highest BCUT2D eigenvalue weighted by molar-refractivity contribution is 6.00. The summed E-state index contributed by atoms with van der Waals surface area (Å²) in [4.78, 5) is 30.8. The molecule has 0 aliphatic rings. The third-order valence-electron chi connectivity index (χ3n) is 5.07. The monoisotopic (exact) mass is 383 g/mol. The van der Waals surface area contributed by atoms with E-state index in [2.05, 4.69) is 10.4 Å². The highest BCUT2D eigenvalue weighted by Crippen LogP contribution is 2.19. The molecule has 0 atom stereocenters. The number of hydrogen-bond acceptors (Lipinski definition) is 3. The first-order valence-corrected chi connectivity index (χ1v) is 9.41. The lowest BCUT2D eigenvalue weighted by atomic mass is 10.1. The average molecular weight is 383 g/mol. The molecule has 0 aliphatic carbocycles. The van der Waals surface area contributed by atoms with E-state index >= 15 is 0 Å². The van der Waals surface area contributed by atoms with Crippen LogP contribution >= 0.6 is 0 Å². The minimum absolute atomic E-state index is 0.316. The molecule has 1 heterocycles. The highest BCUT2D eigenvalue weighted by Gasteiger charge is 2.16. The molecular weight excluding hydrogens is 362 g/mol. The molecule has 0 aliphatic heterocycles. The lowest BCUT2D eigenvalue weighted by molar-refractivity contribution is 0.101. The molecule has 1 N–H and O–H groups in total. The number of rotatable bonds is 3. The van der Waals surface area contributed by atoms with Crippen molar-refractivity contribution in [3.05, 3.63) is 99.3 Å². The van der Waals surface area contributed by atoms with Crippen LogP contribution in [0.1, 0.15) is 27.0 Å². The molecule has 1 aromatic heterocycles. The van der Waals surface area contributed by atoms with Crippen LogP contribution in [0.15, 0.2) is 71.5 Å². The Morgan fingerprint density at radius 3 is 2.34 bits per heavy atom. The van der Waals surface area contributed by atoms with Gasteiger partial charge in [0.15, 0.2) is 5.82 Å². The molecule has 0 spiro atoms. The molecule has 1 amide bonds. The maximum atomic E-state index is 13.2. The minimum Gasteiger partial charge on any atom is -0.267 e. The van der Waals surface area contributed by atoms with Crippen LogP contribution in [-0.2, 0) is 0 Å². The molecule has 0 fully saturated rings. The predicted molar refractivity (Wildman–Crippen MR) is 116 cm³/mol. The average Bonchev–Trinajstić information content (AvgIpc) is 2.72. The number of nitrogens with one attached hydrogen (secondary N) is 1. The van der Waals surface area contributed by atoms with Crippen LogP contribution in [0.3, 0.4) is 0 Å². The third-order valence-corrected chi connectivity index (χ3v) is 5.07. The van der Waals surface area contributed by atoms with E-state index < -0.39 is 0 Å². The number of nitrogens with zero attached hydrogens (tertiary/aromatic N) is 2. The number of para-hydroxylation sites is 1. The zero-order valence-corrected chi connectivity index (χ0v) is 16.6. The number of amides is 1. The Kier molecular flexibility index (Phi) is 4.72. The molecule has 5 heteroatoms. The molecule has 0 radical (unpaired) electrons. The summed E-state index contributed by atoms with van der Waals surface area (Å²) in [6.07, 6.45) is 0. The van der Waals surface area contributed by atoms with Crippen LogP contribution in [0.25, 0.3) is 22.3 Å². The molecule has 5 nitrogen and oxygen atoms in total. The smallest absolute Gasteiger partial charge is 0.267 e. The van der Waals surface area contributed by atoms with Gasteiger partial charge in [-0.1, -0.05) is 48.0 Å². The largest absolute Gasteiger partial charge is 0.280 e. The first kappa shape index (κ1) is 18.6. The van der Waals surface area contributed by atoms with Crippen molar-refractivity contribution in [3.63, 3.8) is 0 Å². The summed E-state index contributed by atoms with van der Waals surface area (Å²) in [5.74, 6) is 0.0338. The summed E-state index contributed by atoms with van der Waals surface area (Å²) in [6, 6.07) is 20.3. The quantitative estimate of drug-likeness (QED) is 0.571. The van der Waals surface area contributed by atoms with Crippen molar-refractivity contribution in [2.75, 3.05) is 5.43 Å². The second-order valence-electron chi connectivity index (χ2n) is 7.20. The van der Waals surface area contributed by atoms with E-state index in [0.717, 1.165) is 22.3 Å². The molecule has 0 saturated carbocycles. The van der Waals surface area contributed by atoms with Gasteiger partial charge in [-0.3, -0.25) is 15.0 Å². The number of carbonyl (C=O) groups is 1. The van der Waals surface area contributed by atoms with Gasteiger partial charge in [0.25, 0.3) is 11.5 Å². The fraction of sp³-hybridized carbons (Fsp3) is 0.125. The van der Waals surface area contributed by atoms with Gasteiger partial charge in [0.2, 0.25) is 0 Å². The van der Waals surface area contributed by atoms with E-state index in [9.17, 15) is 9.59 Å². The Labute approximate surface area is 168 Å². The molecule has 0 bridgehead atoms. The summed E-state index contributed by atoms with van der Waals surface area (Å²) in [5.41, 5.74) is 7.48. The first-order chi connectivity index (χ1) is 13.9. The minimum atomic E-state index is -0.361. The zero-order chi connectivity index (χ0) is 20.5. The number of aryl methyl sites for hydroxylation is 3. The molecule has 144 valence electrons. The van der Waals surface area contributed by atoms with Crippen molar-refractivity contribution in [2.24, 2.45) is 0 Å². The van der Waals surface area contributed by atoms with Gasteiger partial charge >= 0.3 is 0 Å². The van der Waals surface area contributed by atoms with Gasteiger partial charge in [-0.25, -0.2) is 4.98 Å². The Morgan fingerprint density at radius 2 is 1.62 bits per heavy atom. The summed E-state index contributed by atoms with van der Waals surface area (Å²) < 4.78 is 1.24. The van der Waals surface area contributed by atoms with Crippen molar-refractivity contribution in [2.45, 2.75) is 20.8 Å². The van der Waals surface area contributed by atoms with Crippen LogP contribution in [0.2, 0.25) is 0 Å². The van der Waals surface area contributed by atoms with Gasteiger partial charge in [-0.15, -0.1) is 0 Å². The van der Waals surface area contributed by atoms with Gasteiger partial charge in [-0.2, -0.15) is 4.68 Å². The van der Waals surface area contributed by atoms with Crippen molar-refractivity contribution in [3.8, 4) is 11.4 Å². The molecule has 29 heavy (non-hydrogen) atoms. The number of fused-ring (bicyclic) bond motifs is 1. The first-order valence-electron chi connectivity index (χ1n) is 9.41. The van der Waals surface area contributed by atoms with Crippen molar-refractivity contribution < 1.29 is 4.79 Å². The van der Waals surface area contributed by atoms with Crippen molar-refractivity contribution in [1.29, 1.82) is 0 Å². The molecule has 4 aromatic rings. The second kappa shape index (κ2) is 7.36. The third kappa shape index (κ3) is 3.55. The van der Waals surface area contributed by atoms with Gasteiger partial charge in [0, 0.05) is 11.1 Å². The topological polar surface area (TPSA) is 64.0 Å². The Morgan fingerprint density at radius 1 is 0.897 bits per heavy atom. The highest BCUT2D eigenvalue weighted by atomic mass is 16.2. The van der Waals surface area contributed by atoms with E-state index in [4.69, 9.17) is 0 Å². The van der Waals surface area contributed by atoms with E-state index in [1.807, 2.05) is 63.2 Å². The summed E-state index contributed by atoms with van der Waals surface area (Å²) >= 11 is 0. The van der Waals surface area contributed by atoms with E-state index in [1.165, 1.54) is 4.68 Å². The molecule has 0 saturated heterocycles. The van der Waals surface area contributed by atoms with Crippen LogP contribution in [0, 0.1) is 20.8 Å². The normalized spacial score (nSPS) is 10.9. The fourth-order valence-electron chi connectivity index (χ4n) is 3.18. The zero-order valence-electron chi connectivity index (χ0n) is 16.6. The predicted octanol–water partition coefficient (Wildman–Crippen LogP) is 4.37. The standard InChI is InChI=1S/C24H21N3O2/c1-15-8-11-18(12-9-15)22-25-21-7-5-4-6-20(21)24(29)27(22)26-23(28)19-13-10-16(2)17(3)14-19/h4-14H,1-3H3,(H,26,28). The maximum Gasteiger partial charge on any atom is 0.280 e. The molecule has 3 aromatic carbocycles. The number of carbonyl (C=O) groups excluding carboxylic acids is 1. The van der Waals surface area contributed by atoms with E-state index in [-0.39, 0.29) is 11.5 Å². The van der Waals surface area contributed by atoms with Crippen LogP contribution in [0.5, 0.6) is 0 Å². The summed E-state index contributed by atoms with van der Waals surface area (Å²) in [7, 11) is 0. The molecule has 4 rings (SSSR count). The van der Waals surface area contributed by atoms with E-state index in [1.54, 1.807) is 24.3 Å². The van der Waals surface area contributed by atoms with Crippen molar-refractivity contribution in [1.82, 2.24) is 9.66 Å². The number of benzene rings is 3. The van der Waals surface area contributed by atoms with Crippen molar-refractivity contribution >= 4 is 16.8 Å². The van der Waals surface area contributed by atoms with Gasteiger partial charge < -0.3 is 0 Å². The fourth-order valence-corrected chi connectivity index (χ4v) is 3.18. The van der Waals surface area contributed by atoms with E-state index in [0.29, 0.717) is 22.3 Å². The SMILES string of the molecule is Cc1ccc(-c2nc3ccccc3c(=O)n2NC(=O)c2ccc(C)c(C)c2)cc1. The second-order valence-corrected chi connectivity index (χ2v) is 7.20. The van der Waals surface area contributed by atoms with Gasteiger partial charge in [0.05, 0.1) is 10.9 Å². The number of hydrogen-bond donors (Lipinski definition) is 1. The molecular formula is C24H21N3O2. The Bertz CT molecular complexity index is 1290. The van der Waals surface area contributed by atoms with Gasteiger partial charge in [-0.05, 0) is 56.2 Å². The Hall–Kier alpha value is -3.73. The molecule has 0 unspecified atom stereocenters.